The number of hydrogen-bond acceptors (Lipinski definition) is 0. The van der Waals surface area contributed by atoms with E-state index in [4.69, 9.17) is 0 Å². The molecule has 0 unspecified atom stereocenters. The summed E-state index contributed by atoms with van der Waals surface area (Å²) < 4.78 is 1.52. The monoisotopic (exact) mass is 305 g/mol. The molecule has 0 nitrogen and oxygen atoms in total. The van der Waals surface area contributed by atoms with Crippen LogP contribution in [0, 0.1) is 6.08 Å². The molecule has 0 atom stereocenters. The second-order valence-electron chi connectivity index (χ2n) is 3.53. The van der Waals surface area contributed by atoms with E-state index < -0.39 is 0 Å². The number of allylic oxidation sites excluding steroid dienone is 4. The van der Waals surface area contributed by atoms with E-state index in [9.17, 15) is 0 Å². The minimum Gasteiger partial charge on any atom is -0.0651 e. The predicted molar refractivity (Wildman–Crippen MR) is 73.6 cm³/mol. The SMILES string of the molecule is CCC[C]=C/C(CCC)=C(\I)CCC. The van der Waals surface area contributed by atoms with Crippen LogP contribution in [-0.4, -0.2) is 0 Å². The van der Waals surface area contributed by atoms with Gasteiger partial charge in [0.15, 0.2) is 0 Å². The molecular formula is C13H22I. The van der Waals surface area contributed by atoms with Gasteiger partial charge in [-0.05, 0) is 57.1 Å². The van der Waals surface area contributed by atoms with Crippen LogP contribution in [0.4, 0.5) is 0 Å². The summed E-state index contributed by atoms with van der Waals surface area (Å²) in [7, 11) is 0. The molecular weight excluding hydrogens is 283 g/mol. The molecule has 0 N–H and O–H groups in total. The molecule has 0 spiro atoms. The van der Waals surface area contributed by atoms with Crippen molar-refractivity contribution in [2.75, 3.05) is 0 Å². The van der Waals surface area contributed by atoms with Gasteiger partial charge in [-0.2, -0.15) is 0 Å². The largest absolute Gasteiger partial charge is 0.0651 e. The molecule has 0 aliphatic heterocycles. The third kappa shape index (κ3) is 6.63. The van der Waals surface area contributed by atoms with Crippen LogP contribution >= 0.6 is 22.6 Å². The molecule has 0 saturated carbocycles. The van der Waals surface area contributed by atoms with E-state index in [1.807, 2.05) is 0 Å². The van der Waals surface area contributed by atoms with Gasteiger partial charge in [0.25, 0.3) is 0 Å². The fourth-order valence-electron chi connectivity index (χ4n) is 1.28. The highest BCUT2D eigenvalue weighted by atomic mass is 127. The van der Waals surface area contributed by atoms with E-state index in [-0.39, 0.29) is 0 Å². The molecule has 0 saturated heterocycles. The summed E-state index contributed by atoms with van der Waals surface area (Å²) in [4.78, 5) is 0. The van der Waals surface area contributed by atoms with Gasteiger partial charge in [0, 0.05) is 0 Å². The molecule has 0 heterocycles. The molecule has 81 valence electrons. The molecule has 0 aromatic rings. The summed E-state index contributed by atoms with van der Waals surface area (Å²) in [5.41, 5.74) is 1.50. The van der Waals surface area contributed by atoms with Crippen molar-refractivity contribution in [2.24, 2.45) is 0 Å². The summed E-state index contributed by atoms with van der Waals surface area (Å²) in [6, 6.07) is 0. The third-order valence-corrected chi connectivity index (χ3v) is 3.24. The number of rotatable bonds is 7. The molecule has 0 aliphatic rings. The Bertz CT molecular complexity index is 189. The highest BCUT2D eigenvalue weighted by molar-refractivity contribution is 14.1. The van der Waals surface area contributed by atoms with E-state index in [2.05, 4.69) is 55.5 Å². The van der Waals surface area contributed by atoms with Gasteiger partial charge in [0.05, 0.1) is 0 Å². The number of unbranched alkanes of at least 4 members (excludes halogenated alkanes) is 1. The zero-order chi connectivity index (χ0) is 10.8. The van der Waals surface area contributed by atoms with Crippen LogP contribution in [0.5, 0.6) is 0 Å². The molecule has 1 radical (unpaired) electrons. The first-order valence-corrected chi connectivity index (χ1v) is 6.78. The Morgan fingerprint density at radius 2 is 1.71 bits per heavy atom. The lowest BCUT2D eigenvalue weighted by atomic mass is 10.1. The molecule has 0 aliphatic carbocycles. The number of hydrogen-bond donors (Lipinski definition) is 0. The Balaban J connectivity index is 4.32. The fraction of sp³-hybridized carbons (Fsp3) is 0.692. The lowest BCUT2D eigenvalue weighted by Gasteiger charge is -2.04. The van der Waals surface area contributed by atoms with Gasteiger partial charge < -0.3 is 0 Å². The van der Waals surface area contributed by atoms with Gasteiger partial charge in [-0.1, -0.05) is 46.1 Å². The zero-order valence-corrected chi connectivity index (χ0v) is 11.9. The summed E-state index contributed by atoms with van der Waals surface area (Å²) >= 11 is 2.49. The van der Waals surface area contributed by atoms with Crippen LogP contribution in [0.2, 0.25) is 0 Å². The predicted octanol–water partition coefficient (Wildman–Crippen LogP) is 5.44. The van der Waals surface area contributed by atoms with E-state index in [0.29, 0.717) is 0 Å². The Morgan fingerprint density at radius 3 is 2.21 bits per heavy atom. The maximum Gasteiger partial charge on any atom is -0.00620 e. The minimum absolute atomic E-state index is 1.09. The van der Waals surface area contributed by atoms with Crippen LogP contribution in [0.25, 0.3) is 0 Å². The standard InChI is InChI=1S/C13H22I/c1-4-7-8-11-12(9-5-2)13(14)10-6-3/h11H,4-7,9-10H2,1-3H3/b11-8?,13-12-. The van der Waals surface area contributed by atoms with Gasteiger partial charge in [0.1, 0.15) is 0 Å². The molecule has 0 aromatic carbocycles. The van der Waals surface area contributed by atoms with Crippen molar-refractivity contribution >= 4 is 22.6 Å². The third-order valence-electron chi connectivity index (χ3n) is 2.01. The van der Waals surface area contributed by atoms with Crippen LogP contribution < -0.4 is 0 Å². The first-order valence-electron chi connectivity index (χ1n) is 5.70. The van der Waals surface area contributed by atoms with Gasteiger partial charge in [-0.3, -0.25) is 0 Å². The smallest absolute Gasteiger partial charge is 0.00620 e. The Kier molecular flexibility index (Phi) is 9.90. The molecule has 0 bridgehead atoms. The maximum absolute atomic E-state index is 3.37. The van der Waals surface area contributed by atoms with Crippen molar-refractivity contribution in [3.63, 3.8) is 0 Å². The summed E-state index contributed by atoms with van der Waals surface area (Å²) in [5, 5.41) is 0. The molecule has 0 rings (SSSR count). The second kappa shape index (κ2) is 9.75. The highest BCUT2D eigenvalue weighted by Gasteiger charge is 1.98. The van der Waals surface area contributed by atoms with Gasteiger partial charge >= 0.3 is 0 Å². The topological polar surface area (TPSA) is 0 Å². The van der Waals surface area contributed by atoms with Crippen LogP contribution in [0.3, 0.4) is 0 Å². The van der Waals surface area contributed by atoms with E-state index in [0.717, 1.165) is 6.42 Å². The Hall–Kier alpha value is 0.210. The number of halogens is 1. The molecule has 0 amide bonds. The summed E-state index contributed by atoms with van der Waals surface area (Å²) in [6.45, 7) is 6.67. The lowest BCUT2D eigenvalue weighted by molar-refractivity contribution is 0.883. The zero-order valence-electron chi connectivity index (χ0n) is 9.70. The average molecular weight is 305 g/mol. The molecule has 0 fully saturated rings. The van der Waals surface area contributed by atoms with Crippen molar-refractivity contribution in [3.05, 3.63) is 21.3 Å². The quantitative estimate of drug-likeness (QED) is 0.434. The first kappa shape index (κ1) is 14.2. The van der Waals surface area contributed by atoms with Gasteiger partial charge in [-0.25, -0.2) is 0 Å². The van der Waals surface area contributed by atoms with Crippen molar-refractivity contribution in [1.29, 1.82) is 0 Å². The average Bonchev–Trinajstić information content (AvgIpc) is 2.17. The molecule has 14 heavy (non-hydrogen) atoms. The molecule has 1 heteroatoms. The normalized spacial score (nSPS) is 13.4. The van der Waals surface area contributed by atoms with Crippen molar-refractivity contribution in [1.82, 2.24) is 0 Å². The van der Waals surface area contributed by atoms with Crippen LogP contribution in [0.15, 0.2) is 15.2 Å². The highest BCUT2D eigenvalue weighted by Crippen LogP contribution is 2.23. The summed E-state index contributed by atoms with van der Waals surface area (Å²) in [5.74, 6) is 0. The van der Waals surface area contributed by atoms with E-state index in [1.165, 1.54) is 41.3 Å². The second-order valence-corrected chi connectivity index (χ2v) is 4.83. The van der Waals surface area contributed by atoms with Crippen LogP contribution in [-0.2, 0) is 0 Å². The van der Waals surface area contributed by atoms with Crippen molar-refractivity contribution in [2.45, 2.75) is 59.3 Å². The fourth-order valence-corrected chi connectivity index (χ4v) is 2.24. The Morgan fingerprint density at radius 1 is 1.07 bits per heavy atom. The van der Waals surface area contributed by atoms with E-state index >= 15 is 0 Å². The van der Waals surface area contributed by atoms with E-state index in [1.54, 1.807) is 0 Å². The van der Waals surface area contributed by atoms with Crippen LogP contribution in [0.1, 0.15) is 59.3 Å². The lowest BCUT2D eigenvalue weighted by Crippen LogP contribution is -1.84. The van der Waals surface area contributed by atoms with Gasteiger partial charge in [0.2, 0.25) is 0 Å². The van der Waals surface area contributed by atoms with Crippen molar-refractivity contribution < 1.29 is 0 Å². The minimum atomic E-state index is 1.09. The summed E-state index contributed by atoms with van der Waals surface area (Å²) in [6.07, 6.45) is 12.8. The van der Waals surface area contributed by atoms with Crippen molar-refractivity contribution in [3.8, 4) is 0 Å². The molecule has 0 aromatic heterocycles. The van der Waals surface area contributed by atoms with Gasteiger partial charge in [-0.15, -0.1) is 0 Å². The Labute approximate surface area is 103 Å². The first-order chi connectivity index (χ1) is 6.76. The maximum atomic E-state index is 3.37.